The Kier molecular flexibility index (Phi) is 15.5. The number of hydrogen-bond acceptors (Lipinski definition) is 6. The van der Waals surface area contributed by atoms with Gasteiger partial charge in [0.2, 0.25) is 11.8 Å². The molecule has 2 atom stereocenters. The number of aryl methyl sites for hydroxylation is 2. The van der Waals surface area contributed by atoms with Crippen LogP contribution in [0.15, 0.2) is 18.2 Å². The van der Waals surface area contributed by atoms with E-state index in [1.165, 1.54) is 0 Å². The molecule has 0 heterocycles. The van der Waals surface area contributed by atoms with Crippen molar-refractivity contribution in [3.05, 3.63) is 34.9 Å². The van der Waals surface area contributed by atoms with E-state index < -0.39 is 29.7 Å². The average molecular weight is 576 g/mol. The normalized spacial score (nSPS) is 12.8. The zero-order chi connectivity index (χ0) is 31.2. The summed E-state index contributed by atoms with van der Waals surface area (Å²) in [5.74, 6) is -1.40. The highest BCUT2D eigenvalue weighted by Gasteiger charge is 2.37. The van der Waals surface area contributed by atoms with E-state index in [4.69, 9.17) is 9.47 Å². The molecular formula is C32H53N3O6. The third-order valence-electron chi connectivity index (χ3n) is 6.60. The number of hydrogen-bond donors (Lipinski definition) is 2. The average Bonchev–Trinajstić information content (AvgIpc) is 2.86. The first-order valence-corrected chi connectivity index (χ1v) is 15.0. The topological polar surface area (TPSA) is 114 Å². The largest absolute Gasteiger partial charge is 0.466 e. The van der Waals surface area contributed by atoms with Crippen LogP contribution in [0.3, 0.4) is 0 Å². The van der Waals surface area contributed by atoms with Gasteiger partial charge in [0.15, 0.2) is 0 Å². The Labute approximate surface area is 247 Å². The van der Waals surface area contributed by atoms with E-state index in [1.807, 2.05) is 45.9 Å². The fourth-order valence-electron chi connectivity index (χ4n) is 4.58. The van der Waals surface area contributed by atoms with Gasteiger partial charge in [-0.1, -0.05) is 70.2 Å². The maximum absolute atomic E-state index is 14.3. The molecule has 0 saturated carbocycles. The van der Waals surface area contributed by atoms with E-state index in [0.717, 1.165) is 36.8 Å². The molecule has 0 bridgehead atoms. The molecule has 0 aliphatic carbocycles. The van der Waals surface area contributed by atoms with Gasteiger partial charge in [0.1, 0.15) is 17.7 Å². The second-order valence-corrected chi connectivity index (χ2v) is 11.9. The lowest BCUT2D eigenvalue weighted by Gasteiger charge is -2.36. The number of carbonyl (C=O) groups excluding carboxylic acids is 4. The van der Waals surface area contributed by atoms with Crippen LogP contribution in [0.5, 0.6) is 0 Å². The van der Waals surface area contributed by atoms with Crippen LogP contribution >= 0.6 is 0 Å². The van der Waals surface area contributed by atoms with Gasteiger partial charge >= 0.3 is 12.1 Å². The molecule has 1 aromatic rings. The molecule has 1 rings (SSSR count). The number of nitrogens with zero attached hydrogens (tertiary/aromatic N) is 1. The Morgan fingerprint density at radius 1 is 0.976 bits per heavy atom. The van der Waals surface area contributed by atoms with Gasteiger partial charge in [-0.05, 0) is 65.0 Å². The molecule has 1 aromatic carbocycles. The molecule has 3 amide bonds. The fraction of sp³-hybridized carbons (Fsp3) is 0.688. The molecule has 0 aromatic heterocycles. The van der Waals surface area contributed by atoms with E-state index >= 15 is 0 Å². The first-order valence-electron chi connectivity index (χ1n) is 15.0. The van der Waals surface area contributed by atoms with E-state index in [9.17, 15) is 19.2 Å². The molecule has 0 saturated heterocycles. The summed E-state index contributed by atoms with van der Waals surface area (Å²) in [6, 6.07) is 3.93. The third-order valence-corrected chi connectivity index (χ3v) is 6.60. The van der Waals surface area contributed by atoms with Crippen molar-refractivity contribution >= 4 is 23.9 Å². The second-order valence-electron chi connectivity index (χ2n) is 11.9. The second kappa shape index (κ2) is 17.7. The van der Waals surface area contributed by atoms with Crippen molar-refractivity contribution in [1.29, 1.82) is 0 Å². The maximum atomic E-state index is 14.3. The lowest BCUT2D eigenvalue weighted by molar-refractivity contribution is -0.145. The van der Waals surface area contributed by atoms with Crippen LogP contribution in [0.25, 0.3) is 0 Å². The Balaban J connectivity index is 3.47. The number of unbranched alkanes of at least 4 members (excludes halogenated alkanes) is 4. The number of alkyl carbamates (subject to hydrolysis) is 1. The number of carbonyl (C=O) groups is 4. The molecule has 2 N–H and O–H groups in total. The van der Waals surface area contributed by atoms with E-state index in [-0.39, 0.29) is 37.3 Å². The predicted molar refractivity (Wildman–Crippen MR) is 161 cm³/mol. The van der Waals surface area contributed by atoms with Gasteiger partial charge in [-0.3, -0.25) is 14.4 Å². The Morgan fingerprint density at radius 3 is 2.20 bits per heavy atom. The summed E-state index contributed by atoms with van der Waals surface area (Å²) >= 11 is 0. The van der Waals surface area contributed by atoms with Crippen LogP contribution in [0.2, 0.25) is 0 Å². The number of esters is 1. The summed E-state index contributed by atoms with van der Waals surface area (Å²) in [5.41, 5.74) is 1.89. The number of nitrogens with one attached hydrogen (secondary N) is 2. The number of amides is 3. The molecule has 0 aliphatic heterocycles. The summed E-state index contributed by atoms with van der Waals surface area (Å²) in [6.07, 6.45) is 4.17. The minimum absolute atomic E-state index is 0.0267. The van der Waals surface area contributed by atoms with Crippen molar-refractivity contribution in [3.63, 3.8) is 0 Å². The van der Waals surface area contributed by atoms with Gasteiger partial charge in [0, 0.05) is 13.1 Å². The van der Waals surface area contributed by atoms with Crippen molar-refractivity contribution < 1.29 is 28.7 Å². The van der Waals surface area contributed by atoms with Gasteiger partial charge in [-0.25, -0.2) is 4.79 Å². The maximum Gasteiger partial charge on any atom is 0.408 e. The molecule has 41 heavy (non-hydrogen) atoms. The summed E-state index contributed by atoms with van der Waals surface area (Å²) in [5, 5.41) is 5.61. The number of ether oxygens (including phenoxy) is 2. The highest BCUT2D eigenvalue weighted by molar-refractivity contribution is 5.92. The lowest BCUT2D eigenvalue weighted by Crippen LogP contribution is -2.55. The molecule has 9 heteroatoms. The first kappa shape index (κ1) is 35.9. The van der Waals surface area contributed by atoms with Gasteiger partial charge in [-0.15, -0.1) is 0 Å². The van der Waals surface area contributed by atoms with Gasteiger partial charge in [0.25, 0.3) is 0 Å². The smallest absolute Gasteiger partial charge is 0.408 e. The number of benzene rings is 1. The van der Waals surface area contributed by atoms with Gasteiger partial charge < -0.3 is 25.0 Å². The van der Waals surface area contributed by atoms with Gasteiger partial charge in [0.05, 0.1) is 13.0 Å². The standard InChI is InChI=1S/C32H53N3O6/c1-10-12-13-14-15-20-35(30(38)27(22(3)4)34-31(39)41-32(7,8)9)28(25-17-16-23(5)21-24(25)6)29(37)33-19-18-26(36)40-11-2/h16-17,21-22,27-28H,10-15,18-20H2,1-9H3,(H,33,37)(H,34,39). The molecule has 232 valence electrons. The summed E-state index contributed by atoms with van der Waals surface area (Å²) in [6.45, 7) is 17.4. The summed E-state index contributed by atoms with van der Waals surface area (Å²) in [7, 11) is 0. The summed E-state index contributed by atoms with van der Waals surface area (Å²) < 4.78 is 10.4. The van der Waals surface area contributed by atoms with E-state index in [1.54, 1.807) is 32.6 Å². The van der Waals surface area contributed by atoms with Crippen molar-refractivity contribution in [2.24, 2.45) is 5.92 Å². The zero-order valence-electron chi connectivity index (χ0n) is 26.7. The van der Waals surface area contributed by atoms with Crippen molar-refractivity contribution in [1.82, 2.24) is 15.5 Å². The van der Waals surface area contributed by atoms with E-state index in [2.05, 4.69) is 17.6 Å². The molecule has 2 unspecified atom stereocenters. The van der Waals surface area contributed by atoms with E-state index in [0.29, 0.717) is 18.5 Å². The number of rotatable bonds is 16. The monoisotopic (exact) mass is 575 g/mol. The lowest BCUT2D eigenvalue weighted by atomic mass is 9.94. The Hall–Kier alpha value is -3.10. The van der Waals surface area contributed by atoms with Crippen LogP contribution in [0, 0.1) is 19.8 Å². The molecular weight excluding hydrogens is 522 g/mol. The minimum atomic E-state index is -0.946. The van der Waals surface area contributed by atoms with Crippen molar-refractivity contribution in [3.8, 4) is 0 Å². The third kappa shape index (κ3) is 13.0. The molecule has 0 aliphatic rings. The Morgan fingerprint density at radius 2 is 1.63 bits per heavy atom. The fourth-order valence-corrected chi connectivity index (χ4v) is 4.58. The van der Waals surface area contributed by atoms with Crippen molar-refractivity contribution in [2.45, 2.75) is 119 Å². The molecule has 9 nitrogen and oxygen atoms in total. The minimum Gasteiger partial charge on any atom is -0.466 e. The van der Waals surface area contributed by atoms with Crippen LogP contribution in [-0.4, -0.2) is 60.1 Å². The SMILES string of the molecule is CCCCCCCN(C(=O)C(NC(=O)OC(C)(C)C)C(C)C)C(C(=O)NCCC(=O)OCC)c1ccc(C)cc1C. The summed E-state index contributed by atoms with van der Waals surface area (Å²) in [4.78, 5) is 54.3. The molecule has 0 fully saturated rings. The highest BCUT2D eigenvalue weighted by atomic mass is 16.6. The Bertz CT molecular complexity index is 1000. The quantitative estimate of drug-likeness (QED) is 0.191. The molecule has 0 spiro atoms. The van der Waals surface area contributed by atoms with Gasteiger partial charge in [-0.2, -0.15) is 0 Å². The first-order chi connectivity index (χ1) is 19.2. The molecule has 0 radical (unpaired) electrons. The van der Waals surface area contributed by atoms with Crippen molar-refractivity contribution in [2.75, 3.05) is 19.7 Å². The van der Waals surface area contributed by atoms with Crippen LogP contribution in [0.1, 0.15) is 110 Å². The zero-order valence-corrected chi connectivity index (χ0v) is 26.7. The predicted octanol–water partition coefficient (Wildman–Crippen LogP) is 5.76. The van der Waals surface area contributed by atoms with Crippen LogP contribution in [0.4, 0.5) is 4.79 Å². The van der Waals surface area contributed by atoms with Crippen LogP contribution < -0.4 is 10.6 Å². The highest BCUT2D eigenvalue weighted by Crippen LogP contribution is 2.28. The van der Waals surface area contributed by atoms with Crippen LogP contribution in [-0.2, 0) is 23.9 Å².